The zero-order valence-corrected chi connectivity index (χ0v) is 11.3. The van der Waals surface area contributed by atoms with Crippen LogP contribution in [0.1, 0.15) is 12.8 Å². The fourth-order valence-corrected chi connectivity index (χ4v) is 2.03. The van der Waals surface area contributed by atoms with Crippen LogP contribution in [0.15, 0.2) is 24.3 Å². The molecule has 1 fully saturated rings. The van der Waals surface area contributed by atoms with Crippen LogP contribution in [-0.2, 0) is 9.59 Å². The summed E-state index contributed by atoms with van der Waals surface area (Å²) in [6, 6.07) is 7.19. The minimum atomic E-state index is -0.00592. The number of hydrogen-bond donors (Lipinski definition) is 2. The second kappa shape index (κ2) is 6.79. The molecule has 1 heterocycles. The zero-order chi connectivity index (χ0) is 14.4. The van der Waals surface area contributed by atoms with Gasteiger partial charge in [-0.15, -0.1) is 0 Å². The number of ether oxygens (including phenoxy) is 1. The fourth-order valence-electron chi connectivity index (χ4n) is 2.03. The lowest BCUT2D eigenvalue weighted by Crippen LogP contribution is -2.34. The van der Waals surface area contributed by atoms with E-state index in [9.17, 15) is 9.59 Å². The Hall–Kier alpha value is -2.24. The van der Waals surface area contributed by atoms with Crippen molar-refractivity contribution in [3.63, 3.8) is 0 Å². The number of para-hydroxylation sites is 2. The van der Waals surface area contributed by atoms with Gasteiger partial charge in [-0.25, -0.2) is 0 Å². The largest absolute Gasteiger partial charge is 0.491 e. The molecule has 3 N–H and O–H groups in total. The summed E-state index contributed by atoms with van der Waals surface area (Å²) in [7, 11) is 0. The quantitative estimate of drug-likeness (QED) is 0.780. The topological polar surface area (TPSA) is 84.7 Å². The highest BCUT2D eigenvalue weighted by Crippen LogP contribution is 2.19. The molecule has 0 saturated carbocycles. The second-order valence-electron chi connectivity index (χ2n) is 4.62. The van der Waals surface area contributed by atoms with Crippen molar-refractivity contribution in [1.29, 1.82) is 0 Å². The lowest BCUT2D eigenvalue weighted by atomic mass is 10.3. The van der Waals surface area contributed by atoms with Gasteiger partial charge in [0.15, 0.2) is 0 Å². The van der Waals surface area contributed by atoms with Crippen molar-refractivity contribution in [3.05, 3.63) is 24.3 Å². The van der Waals surface area contributed by atoms with Gasteiger partial charge in [-0.3, -0.25) is 9.59 Å². The number of anilines is 1. The first-order chi connectivity index (χ1) is 9.66. The van der Waals surface area contributed by atoms with Crippen LogP contribution in [0.2, 0.25) is 0 Å². The van der Waals surface area contributed by atoms with Gasteiger partial charge in [0.1, 0.15) is 5.75 Å². The van der Waals surface area contributed by atoms with E-state index < -0.39 is 0 Å². The first kappa shape index (κ1) is 14.2. The van der Waals surface area contributed by atoms with Gasteiger partial charge in [0.2, 0.25) is 11.8 Å². The average Bonchev–Trinajstić information content (AvgIpc) is 2.66. The van der Waals surface area contributed by atoms with Crippen molar-refractivity contribution in [3.8, 4) is 5.75 Å². The number of amides is 2. The maximum absolute atomic E-state index is 12.0. The molecule has 0 radical (unpaired) electrons. The van der Waals surface area contributed by atoms with E-state index in [-0.39, 0.29) is 24.8 Å². The van der Waals surface area contributed by atoms with E-state index in [4.69, 9.17) is 10.5 Å². The Morgan fingerprint density at radius 3 is 2.95 bits per heavy atom. The molecule has 2 amide bonds. The third-order valence-electron chi connectivity index (χ3n) is 3.16. The maximum atomic E-state index is 12.0. The normalized spacial score (nSPS) is 15.4. The van der Waals surface area contributed by atoms with Gasteiger partial charge in [-0.1, -0.05) is 12.1 Å². The summed E-state index contributed by atoms with van der Waals surface area (Å²) >= 11 is 0. The predicted octanol–water partition coefficient (Wildman–Crippen LogP) is 0.386. The standard InChI is InChI=1S/C14H19N3O3/c15-11-3-1-2-4-12(11)20-10-6-14(19)17-8-5-13(18)16-7-9-17/h1-4H,5-10,15H2,(H,16,18). The minimum Gasteiger partial charge on any atom is -0.491 e. The van der Waals surface area contributed by atoms with E-state index in [0.717, 1.165) is 0 Å². The van der Waals surface area contributed by atoms with Crippen LogP contribution in [0.4, 0.5) is 5.69 Å². The first-order valence-corrected chi connectivity index (χ1v) is 6.68. The Bertz CT molecular complexity index is 490. The van der Waals surface area contributed by atoms with Crippen LogP contribution >= 0.6 is 0 Å². The summed E-state index contributed by atoms with van der Waals surface area (Å²) in [5, 5.41) is 2.74. The summed E-state index contributed by atoms with van der Waals surface area (Å²) in [5.74, 6) is 0.581. The molecule has 0 spiro atoms. The van der Waals surface area contributed by atoms with E-state index in [1.54, 1.807) is 17.0 Å². The Labute approximate surface area is 117 Å². The van der Waals surface area contributed by atoms with Crippen molar-refractivity contribution in [1.82, 2.24) is 10.2 Å². The fraction of sp³-hybridized carbons (Fsp3) is 0.429. The van der Waals surface area contributed by atoms with E-state index in [1.807, 2.05) is 12.1 Å². The Kier molecular flexibility index (Phi) is 4.81. The lowest BCUT2D eigenvalue weighted by molar-refractivity contribution is -0.131. The molecule has 1 aliphatic heterocycles. The van der Waals surface area contributed by atoms with Crippen molar-refractivity contribution in [2.24, 2.45) is 0 Å². The van der Waals surface area contributed by atoms with Gasteiger partial charge < -0.3 is 20.7 Å². The van der Waals surface area contributed by atoms with Crippen LogP contribution in [0, 0.1) is 0 Å². The van der Waals surface area contributed by atoms with E-state index in [2.05, 4.69) is 5.32 Å². The highest BCUT2D eigenvalue weighted by molar-refractivity contribution is 5.80. The number of nitrogens with two attached hydrogens (primary N) is 1. The molecule has 0 unspecified atom stereocenters. The molecule has 6 nitrogen and oxygen atoms in total. The Morgan fingerprint density at radius 2 is 2.15 bits per heavy atom. The van der Waals surface area contributed by atoms with Crippen LogP contribution in [0.25, 0.3) is 0 Å². The smallest absolute Gasteiger partial charge is 0.226 e. The van der Waals surface area contributed by atoms with Crippen LogP contribution in [-0.4, -0.2) is 43.0 Å². The number of carbonyl (C=O) groups excluding carboxylic acids is 2. The molecule has 0 bridgehead atoms. The number of nitrogen functional groups attached to an aromatic ring is 1. The molecule has 0 aliphatic carbocycles. The zero-order valence-electron chi connectivity index (χ0n) is 11.3. The lowest BCUT2D eigenvalue weighted by Gasteiger charge is -2.19. The van der Waals surface area contributed by atoms with E-state index in [1.165, 1.54) is 0 Å². The first-order valence-electron chi connectivity index (χ1n) is 6.68. The van der Waals surface area contributed by atoms with Crippen molar-refractivity contribution < 1.29 is 14.3 Å². The summed E-state index contributed by atoms with van der Waals surface area (Å²) < 4.78 is 5.50. The molecule has 20 heavy (non-hydrogen) atoms. The second-order valence-corrected chi connectivity index (χ2v) is 4.62. The highest BCUT2D eigenvalue weighted by Gasteiger charge is 2.18. The molecule has 108 valence electrons. The van der Waals surface area contributed by atoms with Gasteiger partial charge >= 0.3 is 0 Å². The number of rotatable bonds is 4. The predicted molar refractivity (Wildman–Crippen MR) is 75.2 cm³/mol. The van der Waals surface area contributed by atoms with Crippen molar-refractivity contribution in [2.45, 2.75) is 12.8 Å². The van der Waals surface area contributed by atoms with Gasteiger partial charge in [0, 0.05) is 26.1 Å². The number of hydrogen-bond acceptors (Lipinski definition) is 4. The molecule has 1 aromatic rings. The molecule has 0 atom stereocenters. The van der Waals surface area contributed by atoms with Crippen LogP contribution in [0.3, 0.4) is 0 Å². The van der Waals surface area contributed by atoms with Crippen LogP contribution in [0.5, 0.6) is 5.75 Å². The van der Waals surface area contributed by atoms with E-state index >= 15 is 0 Å². The molecule has 2 rings (SSSR count). The highest BCUT2D eigenvalue weighted by atomic mass is 16.5. The Morgan fingerprint density at radius 1 is 1.35 bits per heavy atom. The average molecular weight is 277 g/mol. The number of carbonyl (C=O) groups is 2. The Balaban J connectivity index is 1.77. The van der Waals surface area contributed by atoms with Crippen molar-refractivity contribution in [2.75, 3.05) is 32.0 Å². The maximum Gasteiger partial charge on any atom is 0.226 e. The summed E-state index contributed by atoms with van der Waals surface area (Å²) in [6.45, 7) is 1.82. The minimum absolute atomic E-state index is 0.00370. The molecule has 0 aromatic heterocycles. The van der Waals surface area contributed by atoms with Crippen molar-refractivity contribution >= 4 is 17.5 Å². The monoisotopic (exact) mass is 277 g/mol. The summed E-state index contributed by atoms with van der Waals surface area (Å²) in [4.78, 5) is 24.9. The summed E-state index contributed by atoms with van der Waals surface area (Å²) in [5.41, 5.74) is 6.31. The molecular weight excluding hydrogens is 258 g/mol. The third kappa shape index (κ3) is 3.88. The molecule has 1 saturated heterocycles. The van der Waals surface area contributed by atoms with Gasteiger partial charge in [0.25, 0.3) is 0 Å². The van der Waals surface area contributed by atoms with Crippen LogP contribution < -0.4 is 15.8 Å². The SMILES string of the molecule is Nc1ccccc1OCCC(=O)N1CCNC(=O)CC1. The molecule has 1 aliphatic rings. The number of benzene rings is 1. The molecule has 6 heteroatoms. The molecular formula is C14H19N3O3. The van der Waals surface area contributed by atoms with Gasteiger partial charge in [-0.05, 0) is 12.1 Å². The van der Waals surface area contributed by atoms with Gasteiger partial charge in [0.05, 0.1) is 18.7 Å². The number of nitrogens with one attached hydrogen (secondary N) is 1. The van der Waals surface area contributed by atoms with E-state index in [0.29, 0.717) is 37.5 Å². The third-order valence-corrected chi connectivity index (χ3v) is 3.16. The summed E-state index contributed by atoms with van der Waals surface area (Å²) in [6.07, 6.45) is 0.640. The molecule has 1 aromatic carbocycles. The number of nitrogens with zero attached hydrogens (tertiary/aromatic N) is 1. The van der Waals surface area contributed by atoms with Gasteiger partial charge in [-0.2, -0.15) is 0 Å².